The molecule has 0 fully saturated rings. The molecule has 3 aromatic rings. The first-order valence-corrected chi connectivity index (χ1v) is 8.25. The number of hydrogen-bond donors (Lipinski definition) is 0. The van der Waals surface area contributed by atoms with Crippen molar-refractivity contribution in [2.24, 2.45) is 0 Å². The third-order valence-electron chi connectivity index (χ3n) is 4.33. The van der Waals surface area contributed by atoms with Gasteiger partial charge in [0.2, 0.25) is 0 Å². The Morgan fingerprint density at radius 1 is 1.07 bits per heavy atom. The molecular weight excluding hydrogens is 359 g/mol. The van der Waals surface area contributed by atoms with Gasteiger partial charge in [0, 0.05) is 17.6 Å². The Morgan fingerprint density at radius 2 is 1.78 bits per heavy atom. The summed E-state index contributed by atoms with van der Waals surface area (Å²) in [6.07, 6.45) is -4.99. The largest absolute Gasteiger partial charge is 0.471 e. The predicted molar refractivity (Wildman–Crippen MR) is 96.7 cm³/mol. The van der Waals surface area contributed by atoms with Gasteiger partial charge in [-0.05, 0) is 43.2 Å². The van der Waals surface area contributed by atoms with E-state index in [1.165, 1.54) is 19.1 Å². The van der Waals surface area contributed by atoms with Crippen LogP contribution in [0.2, 0.25) is 0 Å². The molecule has 7 heteroatoms. The van der Waals surface area contributed by atoms with Gasteiger partial charge >= 0.3 is 17.7 Å². The van der Waals surface area contributed by atoms with Crippen LogP contribution in [0, 0.1) is 6.92 Å². The number of para-hydroxylation sites is 1. The van der Waals surface area contributed by atoms with E-state index >= 15 is 0 Å². The molecule has 0 radical (unpaired) electrons. The zero-order valence-electron chi connectivity index (χ0n) is 14.6. The van der Waals surface area contributed by atoms with Gasteiger partial charge in [-0.25, -0.2) is 4.79 Å². The second kappa shape index (κ2) is 6.90. The maximum atomic E-state index is 12.9. The minimum atomic E-state index is -4.99. The molecule has 1 aromatic heterocycles. The smallest absolute Gasteiger partial charge is 0.422 e. The van der Waals surface area contributed by atoms with Gasteiger partial charge in [-0.2, -0.15) is 13.2 Å². The summed E-state index contributed by atoms with van der Waals surface area (Å²) < 4.78 is 44.0. The Balaban J connectivity index is 2.17. The molecule has 0 aliphatic rings. The van der Waals surface area contributed by atoms with Crippen LogP contribution < -0.4 is 10.5 Å². The minimum absolute atomic E-state index is 0.102. The van der Waals surface area contributed by atoms with E-state index in [2.05, 4.69) is 0 Å². The summed E-state index contributed by atoms with van der Waals surface area (Å²) in [5, 5.41) is 0.690. The van der Waals surface area contributed by atoms with Crippen molar-refractivity contribution in [1.29, 1.82) is 0 Å². The zero-order chi connectivity index (χ0) is 19.8. The molecule has 27 heavy (non-hydrogen) atoms. The van der Waals surface area contributed by atoms with Crippen molar-refractivity contribution in [3.63, 3.8) is 0 Å². The van der Waals surface area contributed by atoms with Crippen molar-refractivity contribution in [2.75, 3.05) is 11.4 Å². The van der Waals surface area contributed by atoms with Crippen LogP contribution in [0.3, 0.4) is 0 Å². The molecule has 2 aromatic carbocycles. The third kappa shape index (κ3) is 3.45. The fourth-order valence-corrected chi connectivity index (χ4v) is 3.03. The first-order chi connectivity index (χ1) is 12.7. The first kappa shape index (κ1) is 18.7. The van der Waals surface area contributed by atoms with E-state index in [-0.39, 0.29) is 17.8 Å². The van der Waals surface area contributed by atoms with Gasteiger partial charge in [-0.15, -0.1) is 0 Å². The Labute approximate surface area is 152 Å². The lowest BCUT2D eigenvalue weighted by Crippen LogP contribution is -2.41. The summed E-state index contributed by atoms with van der Waals surface area (Å²) in [4.78, 5) is 24.8. The average molecular weight is 375 g/mol. The van der Waals surface area contributed by atoms with Gasteiger partial charge < -0.3 is 9.32 Å². The van der Waals surface area contributed by atoms with Crippen LogP contribution in [0.1, 0.15) is 12.5 Å². The summed E-state index contributed by atoms with van der Waals surface area (Å²) in [5.41, 5.74) is 0.954. The molecule has 0 saturated carbocycles. The molecule has 1 heterocycles. The molecule has 0 bridgehead atoms. The molecule has 1 amide bonds. The second-order valence-electron chi connectivity index (χ2n) is 5.98. The van der Waals surface area contributed by atoms with Crippen LogP contribution in [0.5, 0.6) is 0 Å². The van der Waals surface area contributed by atoms with E-state index in [0.29, 0.717) is 27.0 Å². The van der Waals surface area contributed by atoms with E-state index in [9.17, 15) is 22.8 Å². The van der Waals surface area contributed by atoms with Crippen LogP contribution >= 0.6 is 0 Å². The number of rotatable bonds is 3. The van der Waals surface area contributed by atoms with Gasteiger partial charge in [0.15, 0.2) is 0 Å². The number of hydrogen-bond acceptors (Lipinski definition) is 3. The van der Waals surface area contributed by atoms with Crippen molar-refractivity contribution in [2.45, 2.75) is 20.0 Å². The molecule has 140 valence electrons. The van der Waals surface area contributed by atoms with E-state index in [1.54, 1.807) is 43.3 Å². The third-order valence-corrected chi connectivity index (χ3v) is 4.33. The van der Waals surface area contributed by atoms with Crippen LogP contribution in [-0.4, -0.2) is 18.6 Å². The van der Waals surface area contributed by atoms with Gasteiger partial charge in [0.25, 0.3) is 0 Å². The van der Waals surface area contributed by atoms with Crippen LogP contribution in [0.15, 0.2) is 57.7 Å². The number of fused-ring (bicyclic) bond motifs is 1. The number of amides is 1. The highest BCUT2D eigenvalue weighted by Crippen LogP contribution is 2.32. The van der Waals surface area contributed by atoms with Crippen molar-refractivity contribution in [1.82, 2.24) is 0 Å². The summed E-state index contributed by atoms with van der Waals surface area (Å²) in [5.74, 6) is -1.95. The summed E-state index contributed by atoms with van der Waals surface area (Å²) in [7, 11) is 0. The van der Waals surface area contributed by atoms with E-state index in [4.69, 9.17) is 4.42 Å². The van der Waals surface area contributed by atoms with Gasteiger partial charge in [0.1, 0.15) is 5.58 Å². The molecule has 3 rings (SSSR count). The standard InChI is InChI=1S/C20H16F3NO3/c1-3-24(19(26)20(21,22)23)16-9-6-8-14(12(16)2)15-11-13-7-4-5-10-17(13)27-18(15)25/h4-11H,3H2,1-2H3. The lowest BCUT2D eigenvalue weighted by molar-refractivity contribution is -0.170. The monoisotopic (exact) mass is 375 g/mol. The number of nitrogens with zero attached hydrogens (tertiary/aromatic N) is 1. The maximum Gasteiger partial charge on any atom is 0.471 e. The molecule has 0 saturated heterocycles. The average Bonchev–Trinajstić information content (AvgIpc) is 2.62. The zero-order valence-corrected chi connectivity index (χ0v) is 14.6. The lowest BCUT2D eigenvalue weighted by atomic mass is 9.99. The van der Waals surface area contributed by atoms with Gasteiger partial charge in [0.05, 0.1) is 5.56 Å². The molecule has 0 spiro atoms. The summed E-state index contributed by atoms with van der Waals surface area (Å²) in [6, 6.07) is 13.1. The molecule has 4 nitrogen and oxygen atoms in total. The molecule has 0 N–H and O–H groups in total. The van der Waals surface area contributed by atoms with Gasteiger partial charge in [-0.3, -0.25) is 4.79 Å². The SMILES string of the molecule is CCN(C(=O)C(F)(F)F)c1cccc(-c2cc3ccccc3oc2=O)c1C. The first-order valence-electron chi connectivity index (χ1n) is 8.25. The number of halogens is 3. The highest BCUT2D eigenvalue weighted by Gasteiger charge is 2.43. The highest BCUT2D eigenvalue weighted by atomic mass is 19.4. The normalized spacial score (nSPS) is 11.6. The van der Waals surface area contributed by atoms with Crippen LogP contribution in [-0.2, 0) is 4.79 Å². The molecular formula is C20H16F3NO3. The van der Waals surface area contributed by atoms with Crippen LogP contribution in [0.25, 0.3) is 22.1 Å². The number of benzene rings is 2. The Bertz CT molecular complexity index is 1070. The summed E-state index contributed by atoms with van der Waals surface area (Å²) in [6.45, 7) is 2.88. The fourth-order valence-electron chi connectivity index (χ4n) is 3.03. The van der Waals surface area contributed by atoms with E-state index in [0.717, 1.165) is 0 Å². The topological polar surface area (TPSA) is 50.5 Å². The molecule has 0 unspecified atom stereocenters. The number of carbonyl (C=O) groups excluding carboxylic acids is 1. The van der Waals surface area contributed by atoms with Crippen molar-refractivity contribution in [3.05, 3.63) is 64.5 Å². The van der Waals surface area contributed by atoms with E-state index < -0.39 is 17.7 Å². The maximum absolute atomic E-state index is 12.9. The Kier molecular flexibility index (Phi) is 4.78. The highest BCUT2D eigenvalue weighted by molar-refractivity contribution is 5.99. The van der Waals surface area contributed by atoms with Gasteiger partial charge in [-0.1, -0.05) is 30.3 Å². The lowest BCUT2D eigenvalue weighted by Gasteiger charge is -2.25. The fraction of sp³-hybridized carbons (Fsp3) is 0.200. The van der Waals surface area contributed by atoms with Crippen molar-refractivity contribution < 1.29 is 22.4 Å². The number of anilines is 1. The molecule has 0 aliphatic carbocycles. The predicted octanol–water partition coefficient (Wildman–Crippen LogP) is 4.68. The number of carbonyl (C=O) groups is 1. The second-order valence-corrected chi connectivity index (χ2v) is 5.98. The number of alkyl halides is 3. The Morgan fingerprint density at radius 3 is 2.44 bits per heavy atom. The van der Waals surface area contributed by atoms with Crippen LogP contribution in [0.4, 0.5) is 18.9 Å². The summed E-state index contributed by atoms with van der Waals surface area (Å²) >= 11 is 0. The Hall–Kier alpha value is -3.09. The van der Waals surface area contributed by atoms with Crippen molar-refractivity contribution >= 4 is 22.6 Å². The minimum Gasteiger partial charge on any atom is -0.422 e. The van der Waals surface area contributed by atoms with E-state index in [1.807, 2.05) is 0 Å². The molecule has 0 aliphatic heterocycles. The molecule has 0 atom stereocenters. The quantitative estimate of drug-likeness (QED) is 0.625. The van der Waals surface area contributed by atoms with Crippen molar-refractivity contribution in [3.8, 4) is 11.1 Å².